The van der Waals surface area contributed by atoms with Crippen LogP contribution in [-0.2, 0) is 0 Å². The van der Waals surface area contributed by atoms with E-state index in [1.165, 1.54) is 6.26 Å². The van der Waals surface area contributed by atoms with Crippen LogP contribution >= 0.6 is 27.7 Å². The van der Waals surface area contributed by atoms with E-state index in [9.17, 15) is 4.79 Å². The molecule has 0 aromatic carbocycles. The lowest BCUT2D eigenvalue weighted by molar-refractivity contribution is 0.0746. The monoisotopic (exact) mass is 303 g/mol. The first-order valence-electron chi connectivity index (χ1n) is 5.16. The van der Waals surface area contributed by atoms with Gasteiger partial charge in [-0.25, -0.2) is 0 Å². The molecule has 0 aliphatic carbocycles. The third kappa shape index (κ3) is 2.46. The minimum Gasteiger partial charge on any atom is -0.457 e. The van der Waals surface area contributed by atoms with Crippen molar-refractivity contribution in [1.82, 2.24) is 4.90 Å². The molecular formula is C11H14BrNO2S. The molecule has 1 amide bonds. The molecular weight excluding hydrogens is 290 g/mol. The summed E-state index contributed by atoms with van der Waals surface area (Å²) in [6, 6.07) is 1.71. The molecule has 1 fully saturated rings. The number of furan rings is 1. The fourth-order valence-corrected chi connectivity index (χ4v) is 3.33. The minimum absolute atomic E-state index is 0.0500. The van der Waals surface area contributed by atoms with Crippen molar-refractivity contribution in [2.45, 2.75) is 18.6 Å². The summed E-state index contributed by atoms with van der Waals surface area (Å²) in [5.74, 6) is 1.04. The Balaban J connectivity index is 2.14. The maximum absolute atomic E-state index is 12.2. The van der Waals surface area contributed by atoms with Gasteiger partial charge in [0.15, 0.2) is 4.67 Å². The Morgan fingerprint density at radius 3 is 2.94 bits per heavy atom. The summed E-state index contributed by atoms with van der Waals surface area (Å²) in [4.78, 5) is 14.1. The van der Waals surface area contributed by atoms with Gasteiger partial charge >= 0.3 is 0 Å². The van der Waals surface area contributed by atoms with Gasteiger partial charge < -0.3 is 9.32 Å². The van der Waals surface area contributed by atoms with Crippen molar-refractivity contribution in [3.63, 3.8) is 0 Å². The van der Waals surface area contributed by atoms with E-state index < -0.39 is 0 Å². The standard InChI is InChI=1S/C11H14BrNO2S/c1-11(2)7-13(4-6-16-11)10(14)8-3-5-15-9(8)12/h3,5H,4,6-7H2,1-2H3. The second kappa shape index (κ2) is 4.45. The lowest BCUT2D eigenvalue weighted by atomic mass is 10.1. The van der Waals surface area contributed by atoms with E-state index in [0.717, 1.165) is 18.8 Å². The van der Waals surface area contributed by atoms with Gasteiger partial charge in [-0.1, -0.05) is 0 Å². The van der Waals surface area contributed by atoms with Crippen LogP contribution in [0.1, 0.15) is 24.2 Å². The molecule has 0 spiro atoms. The van der Waals surface area contributed by atoms with Gasteiger partial charge in [-0.05, 0) is 35.8 Å². The van der Waals surface area contributed by atoms with Crippen molar-refractivity contribution in [2.75, 3.05) is 18.8 Å². The van der Waals surface area contributed by atoms with Crippen molar-refractivity contribution >= 4 is 33.6 Å². The van der Waals surface area contributed by atoms with Crippen LogP contribution in [-0.4, -0.2) is 34.4 Å². The molecule has 1 aliphatic rings. The number of thioether (sulfide) groups is 1. The molecule has 1 saturated heterocycles. The van der Waals surface area contributed by atoms with Gasteiger partial charge in [0.05, 0.1) is 11.8 Å². The van der Waals surface area contributed by atoms with E-state index in [1.54, 1.807) is 6.07 Å². The topological polar surface area (TPSA) is 33.5 Å². The van der Waals surface area contributed by atoms with E-state index in [-0.39, 0.29) is 10.7 Å². The molecule has 16 heavy (non-hydrogen) atoms. The summed E-state index contributed by atoms with van der Waals surface area (Å²) in [7, 11) is 0. The fourth-order valence-electron chi connectivity index (χ4n) is 1.81. The SMILES string of the molecule is CC1(C)CN(C(=O)c2ccoc2Br)CCS1. The summed E-state index contributed by atoms with van der Waals surface area (Å²) in [6.45, 7) is 5.93. The highest BCUT2D eigenvalue weighted by Crippen LogP contribution is 2.31. The van der Waals surface area contributed by atoms with Crippen LogP contribution in [0.25, 0.3) is 0 Å². The first-order chi connectivity index (χ1) is 7.49. The average Bonchev–Trinajstić information content (AvgIpc) is 2.62. The molecule has 0 atom stereocenters. The molecule has 3 nitrogen and oxygen atoms in total. The zero-order chi connectivity index (χ0) is 11.8. The Morgan fingerprint density at radius 2 is 2.38 bits per heavy atom. The number of carbonyl (C=O) groups is 1. The maximum atomic E-state index is 12.2. The average molecular weight is 304 g/mol. The van der Waals surface area contributed by atoms with Crippen molar-refractivity contribution in [3.8, 4) is 0 Å². The lowest BCUT2D eigenvalue weighted by Gasteiger charge is -2.37. The first-order valence-corrected chi connectivity index (χ1v) is 6.94. The molecule has 0 bridgehead atoms. The van der Waals surface area contributed by atoms with Crippen molar-refractivity contribution in [2.24, 2.45) is 0 Å². The second-order valence-corrected chi connectivity index (χ2v) is 6.97. The number of hydrogen-bond acceptors (Lipinski definition) is 3. The molecule has 5 heteroatoms. The molecule has 0 radical (unpaired) electrons. The van der Waals surface area contributed by atoms with Gasteiger partial charge in [-0.2, -0.15) is 11.8 Å². The van der Waals surface area contributed by atoms with Gasteiger partial charge in [-0.15, -0.1) is 0 Å². The van der Waals surface area contributed by atoms with Crippen molar-refractivity contribution in [1.29, 1.82) is 0 Å². The summed E-state index contributed by atoms with van der Waals surface area (Å²) in [5.41, 5.74) is 0.614. The minimum atomic E-state index is 0.0500. The quantitative estimate of drug-likeness (QED) is 0.799. The first kappa shape index (κ1) is 12.0. The lowest BCUT2D eigenvalue weighted by Crippen LogP contribution is -2.46. The highest BCUT2D eigenvalue weighted by atomic mass is 79.9. The molecule has 1 aromatic rings. The molecule has 88 valence electrons. The Hall–Kier alpha value is -0.420. The van der Waals surface area contributed by atoms with E-state index in [1.807, 2.05) is 16.7 Å². The molecule has 0 N–H and O–H groups in total. The van der Waals surface area contributed by atoms with Gasteiger partial charge in [0.25, 0.3) is 5.91 Å². The van der Waals surface area contributed by atoms with Gasteiger partial charge in [0.1, 0.15) is 0 Å². The van der Waals surface area contributed by atoms with E-state index in [2.05, 4.69) is 29.8 Å². The summed E-state index contributed by atoms with van der Waals surface area (Å²) in [6.07, 6.45) is 1.53. The predicted molar refractivity (Wildman–Crippen MR) is 68.8 cm³/mol. The summed E-state index contributed by atoms with van der Waals surface area (Å²) in [5, 5.41) is 0. The zero-order valence-corrected chi connectivity index (χ0v) is 11.7. The van der Waals surface area contributed by atoms with Crippen LogP contribution < -0.4 is 0 Å². The largest absolute Gasteiger partial charge is 0.457 e. The number of hydrogen-bond donors (Lipinski definition) is 0. The van der Waals surface area contributed by atoms with Crippen LogP contribution in [0.3, 0.4) is 0 Å². The molecule has 2 heterocycles. The number of rotatable bonds is 1. The third-order valence-corrected chi connectivity index (χ3v) is 4.47. The molecule has 0 unspecified atom stereocenters. The molecule has 2 rings (SSSR count). The van der Waals surface area contributed by atoms with Crippen LogP contribution in [0, 0.1) is 0 Å². The molecule has 1 aliphatic heterocycles. The normalized spacial score (nSPS) is 19.8. The number of nitrogens with zero attached hydrogens (tertiary/aromatic N) is 1. The fraction of sp³-hybridized carbons (Fsp3) is 0.545. The highest BCUT2D eigenvalue weighted by Gasteiger charge is 2.31. The van der Waals surface area contributed by atoms with Gasteiger partial charge in [0, 0.05) is 23.6 Å². The molecule has 1 aromatic heterocycles. The Labute approximate surface area is 108 Å². The van der Waals surface area contributed by atoms with Gasteiger partial charge in [-0.3, -0.25) is 4.79 Å². The van der Waals surface area contributed by atoms with Gasteiger partial charge in [0.2, 0.25) is 0 Å². The van der Waals surface area contributed by atoms with Crippen LogP contribution in [0.4, 0.5) is 0 Å². The van der Waals surface area contributed by atoms with E-state index in [4.69, 9.17) is 4.42 Å². The zero-order valence-electron chi connectivity index (χ0n) is 9.33. The number of halogens is 1. The van der Waals surface area contributed by atoms with E-state index >= 15 is 0 Å². The van der Waals surface area contributed by atoms with Crippen LogP contribution in [0.15, 0.2) is 21.4 Å². The maximum Gasteiger partial charge on any atom is 0.258 e. The summed E-state index contributed by atoms with van der Waals surface area (Å²) >= 11 is 5.16. The predicted octanol–water partition coefficient (Wildman–Crippen LogP) is 3.01. The van der Waals surface area contributed by atoms with E-state index in [0.29, 0.717) is 10.2 Å². The van der Waals surface area contributed by atoms with Crippen LogP contribution in [0.2, 0.25) is 0 Å². The van der Waals surface area contributed by atoms with Crippen molar-refractivity contribution < 1.29 is 9.21 Å². The Bertz CT molecular complexity index is 402. The van der Waals surface area contributed by atoms with Crippen molar-refractivity contribution in [3.05, 3.63) is 22.6 Å². The third-order valence-electron chi connectivity index (χ3n) is 2.56. The van der Waals surface area contributed by atoms with Crippen LogP contribution in [0.5, 0.6) is 0 Å². The second-order valence-electron chi connectivity index (χ2n) is 4.44. The number of carbonyl (C=O) groups excluding carboxylic acids is 1. The smallest absolute Gasteiger partial charge is 0.258 e. The highest BCUT2D eigenvalue weighted by molar-refractivity contribution is 9.10. The number of amides is 1. The molecule has 0 saturated carbocycles. The summed E-state index contributed by atoms with van der Waals surface area (Å²) < 4.78 is 5.76. The Kier molecular flexibility index (Phi) is 3.35. The Morgan fingerprint density at radius 1 is 1.62 bits per heavy atom.